The van der Waals surface area contributed by atoms with Crippen molar-refractivity contribution in [3.8, 4) is 0 Å². The van der Waals surface area contributed by atoms with E-state index in [2.05, 4.69) is 20.2 Å². The van der Waals surface area contributed by atoms with E-state index in [9.17, 15) is 0 Å². The van der Waals surface area contributed by atoms with Gasteiger partial charge in [-0.3, -0.25) is 5.10 Å². The van der Waals surface area contributed by atoms with Crippen molar-refractivity contribution in [1.82, 2.24) is 20.2 Å². The van der Waals surface area contributed by atoms with Crippen LogP contribution in [0.5, 0.6) is 0 Å². The van der Waals surface area contributed by atoms with Gasteiger partial charge in [-0.15, -0.1) is 0 Å². The van der Waals surface area contributed by atoms with Crippen molar-refractivity contribution in [2.24, 2.45) is 0 Å². The van der Waals surface area contributed by atoms with Gasteiger partial charge in [-0.05, 0) is 0 Å². The van der Waals surface area contributed by atoms with E-state index < -0.39 is 0 Å². The Labute approximate surface area is 74.0 Å². The third-order valence-corrected chi connectivity index (χ3v) is 1.91. The molecule has 0 fully saturated rings. The van der Waals surface area contributed by atoms with Gasteiger partial charge in [0.05, 0.1) is 11.6 Å². The second-order valence-electron chi connectivity index (χ2n) is 2.42. The number of fused-ring (bicyclic) bond motifs is 1. The van der Waals surface area contributed by atoms with Crippen LogP contribution in [0.2, 0.25) is 5.15 Å². The Kier molecular flexibility index (Phi) is 1.69. The van der Waals surface area contributed by atoms with Crippen molar-refractivity contribution < 1.29 is 0 Å². The molecule has 5 heteroatoms. The van der Waals surface area contributed by atoms with E-state index in [0.29, 0.717) is 10.8 Å². The standard InChI is InChI=1S/C7H7ClN4/c1-2-5-10-6(8)4-3-9-12-7(4)11-5/h3H,2H2,1H3,(H,9,10,11,12). The summed E-state index contributed by atoms with van der Waals surface area (Å²) in [6.45, 7) is 1.98. The van der Waals surface area contributed by atoms with Crippen molar-refractivity contribution in [1.29, 1.82) is 0 Å². The lowest BCUT2D eigenvalue weighted by Gasteiger charge is -1.95. The zero-order valence-electron chi connectivity index (χ0n) is 6.50. The predicted octanol–water partition coefficient (Wildman–Crippen LogP) is 1.57. The third-order valence-electron chi connectivity index (χ3n) is 1.63. The van der Waals surface area contributed by atoms with Crippen molar-refractivity contribution >= 4 is 22.6 Å². The number of aromatic nitrogens is 4. The normalized spacial score (nSPS) is 10.8. The molecule has 1 N–H and O–H groups in total. The lowest BCUT2D eigenvalue weighted by Crippen LogP contribution is -1.93. The van der Waals surface area contributed by atoms with Crippen LogP contribution in [0.15, 0.2) is 6.20 Å². The quantitative estimate of drug-likeness (QED) is 0.682. The van der Waals surface area contributed by atoms with Crippen LogP contribution < -0.4 is 0 Å². The summed E-state index contributed by atoms with van der Waals surface area (Å²) in [7, 11) is 0. The summed E-state index contributed by atoms with van der Waals surface area (Å²) in [5.41, 5.74) is 0.701. The minimum Gasteiger partial charge on any atom is -0.261 e. The highest BCUT2D eigenvalue weighted by Crippen LogP contribution is 2.17. The molecule has 62 valence electrons. The number of hydrogen-bond acceptors (Lipinski definition) is 3. The summed E-state index contributed by atoms with van der Waals surface area (Å²) in [6.07, 6.45) is 2.39. The fraction of sp³-hybridized carbons (Fsp3) is 0.286. The van der Waals surface area contributed by atoms with Crippen LogP contribution in [0.4, 0.5) is 0 Å². The maximum Gasteiger partial charge on any atom is 0.160 e. The summed E-state index contributed by atoms with van der Waals surface area (Å²) in [5, 5.41) is 7.81. The molecule has 0 bridgehead atoms. The SMILES string of the molecule is CCc1nc(Cl)c2cn[nH]c2n1. The highest BCUT2D eigenvalue weighted by molar-refractivity contribution is 6.33. The van der Waals surface area contributed by atoms with Crippen molar-refractivity contribution in [2.45, 2.75) is 13.3 Å². The Hall–Kier alpha value is -1.16. The van der Waals surface area contributed by atoms with Gasteiger partial charge in [-0.1, -0.05) is 18.5 Å². The second kappa shape index (κ2) is 2.71. The average Bonchev–Trinajstić information content (AvgIpc) is 2.52. The van der Waals surface area contributed by atoms with Gasteiger partial charge in [0.1, 0.15) is 11.0 Å². The van der Waals surface area contributed by atoms with Crippen LogP contribution in [0.1, 0.15) is 12.7 Å². The Balaban J connectivity index is 2.75. The van der Waals surface area contributed by atoms with E-state index in [1.165, 1.54) is 0 Å². The monoisotopic (exact) mass is 182 g/mol. The predicted molar refractivity (Wildman–Crippen MR) is 46.1 cm³/mol. The average molecular weight is 183 g/mol. The maximum atomic E-state index is 5.87. The van der Waals surface area contributed by atoms with E-state index >= 15 is 0 Å². The molecule has 2 aromatic rings. The van der Waals surface area contributed by atoms with Gasteiger partial charge in [-0.2, -0.15) is 5.10 Å². The van der Waals surface area contributed by atoms with E-state index in [1.807, 2.05) is 6.92 Å². The van der Waals surface area contributed by atoms with E-state index in [-0.39, 0.29) is 0 Å². The molecule has 0 spiro atoms. The Morgan fingerprint density at radius 1 is 1.50 bits per heavy atom. The van der Waals surface area contributed by atoms with Gasteiger partial charge in [-0.25, -0.2) is 9.97 Å². The number of hydrogen-bond donors (Lipinski definition) is 1. The maximum absolute atomic E-state index is 5.87. The van der Waals surface area contributed by atoms with E-state index in [1.54, 1.807) is 6.20 Å². The van der Waals surface area contributed by atoms with Gasteiger partial charge >= 0.3 is 0 Å². The minimum absolute atomic E-state index is 0.464. The Morgan fingerprint density at radius 3 is 3.08 bits per heavy atom. The number of rotatable bonds is 1. The smallest absolute Gasteiger partial charge is 0.160 e. The first-order valence-corrected chi connectivity index (χ1v) is 4.04. The fourth-order valence-corrected chi connectivity index (χ4v) is 1.24. The van der Waals surface area contributed by atoms with Crippen LogP contribution in [-0.4, -0.2) is 20.2 Å². The lowest BCUT2D eigenvalue weighted by molar-refractivity contribution is 0.950. The molecule has 0 atom stereocenters. The van der Waals surface area contributed by atoms with E-state index in [4.69, 9.17) is 11.6 Å². The molecular weight excluding hydrogens is 176 g/mol. The van der Waals surface area contributed by atoms with E-state index in [0.717, 1.165) is 17.6 Å². The molecule has 2 rings (SSSR count). The molecular formula is C7H7ClN4. The second-order valence-corrected chi connectivity index (χ2v) is 2.77. The zero-order chi connectivity index (χ0) is 8.55. The summed E-state index contributed by atoms with van der Waals surface area (Å²) in [4.78, 5) is 8.29. The Bertz CT molecular complexity index is 409. The molecule has 0 radical (unpaired) electrons. The topological polar surface area (TPSA) is 54.5 Å². The van der Waals surface area contributed by atoms with Gasteiger partial charge in [0.15, 0.2) is 5.65 Å². The molecule has 0 aliphatic heterocycles. The molecule has 0 amide bonds. The molecule has 0 aromatic carbocycles. The molecule has 4 nitrogen and oxygen atoms in total. The molecule has 2 heterocycles. The molecule has 0 unspecified atom stereocenters. The summed E-state index contributed by atoms with van der Waals surface area (Å²) in [6, 6.07) is 0. The number of aryl methyl sites for hydroxylation is 1. The first kappa shape index (κ1) is 7.49. The van der Waals surface area contributed by atoms with Crippen LogP contribution in [-0.2, 0) is 6.42 Å². The van der Waals surface area contributed by atoms with Gasteiger partial charge in [0, 0.05) is 6.42 Å². The van der Waals surface area contributed by atoms with Crippen molar-refractivity contribution in [3.63, 3.8) is 0 Å². The van der Waals surface area contributed by atoms with Crippen LogP contribution in [0.3, 0.4) is 0 Å². The zero-order valence-corrected chi connectivity index (χ0v) is 7.26. The van der Waals surface area contributed by atoms with Gasteiger partial charge in [0.25, 0.3) is 0 Å². The molecule has 0 aliphatic rings. The van der Waals surface area contributed by atoms with Crippen LogP contribution >= 0.6 is 11.6 Å². The third kappa shape index (κ3) is 1.04. The number of halogens is 1. The van der Waals surface area contributed by atoms with Crippen LogP contribution in [0.25, 0.3) is 11.0 Å². The summed E-state index contributed by atoms with van der Waals surface area (Å²) in [5.74, 6) is 0.733. The molecule has 2 aromatic heterocycles. The number of nitrogens with one attached hydrogen (secondary N) is 1. The summed E-state index contributed by atoms with van der Waals surface area (Å²) < 4.78 is 0. The highest BCUT2D eigenvalue weighted by atomic mass is 35.5. The first-order chi connectivity index (χ1) is 5.81. The van der Waals surface area contributed by atoms with Gasteiger partial charge < -0.3 is 0 Å². The first-order valence-electron chi connectivity index (χ1n) is 3.66. The molecule has 0 saturated heterocycles. The molecule has 0 aliphatic carbocycles. The number of nitrogens with zero attached hydrogens (tertiary/aromatic N) is 3. The largest absolute Gasteiger partial charge is 0.261 e. The van der Waals surface area contributed by atoms with Crippen molar-refractivity contribution in [2.75, 3.05) is 0 Å². The highest BCUT2D eigenvalue weighted by Gasteiger charge is 2.05. The molecule has 0 saturated carbocycles. The van der Waals surface area contributed by atoms with Crippen molar-refractivity contribution in [3.05, 3.63) is 17.2 Å². The van der Waals surface area contributed by atoms with Gasteiger partial charge in [0.2, 0.25) is 0 Å². The fourth-order valence-electron chi connectivity index (χ4n) is 1.00. The molecule has 12 heavy (non-hydrogen) atoms. The lowest BCUT2D eigenvalue weighted by atomic mass is 10.4. The minimum atomic E-state index is 0.464. The number of H-pyrrole nitrogens is 1. The Morgan fingerprint density at radius 2 is 2.33 bits per heavy atom. The number of aromatic amines is 1. The summed E-state index contributed by atoms with van der Waals surface area (Å²) >= 11 is 5.87. The van der Waals surface area contributed by atoms with Crippen LogP contribution in [0, 0.1) is 0 Å².